The molecule has 0 aliphatic heterocycles. The van der Waals surface area contributed by atoms with Gasteiger partial charge in [0.25, 0.3) is 0 Å². The molecular weight excluding hydrogens is 240 g/mol. The third kappa shape index (κ3) is 3.04. The van der Waals surface area contributed by atoms with E-state index in [0.717, 1.165) is 16.9 Å². The van der Waals surface area contributed by atoms with Crippen molar-refractivity contribution in [1.29, 1.82) is 0 Å². The highest BCUT2D eigenvalue weighted by atomic mass is 16.5. The monoisotopic (exact) mass is 256 g/mol. The molecule has 0 aliphatic rings. The highest BCUT2D eigenvalue weighted by Crippen LogP contribution is 2.29. The number of aryl methyl sites for hydroxylation is 2. The predicted molar refractivity (Wildman–Crippen MR) is 75.4 cm³/mol. The molecule has 98 valence electrons. The van der Waals surface area contributed by atoms with Gasteiger partial charge in [0.15, 0.2) is 0 Å². The van der Waals surface area contributed by atoms with Crippen LogP contribution in [0.25, 0.3) is 0 Å². The molecule has 0 spiro atoms. The number of rotatable bonds is 3. The van der Waals surface area contributed by atoms with E-state index in [2.05, 4.69) is 6.07 Å². The molecule has 2 rings (SSSR count). The number of ether oxygens (including phenoxy) is 1. The Labute approximate surface area is 112 Å². The van der Waals surface area contributed by atoms with Crippen LogP contribution in [-0.4, -0.2) is 5.91 Å². The van der Waals surface area contributed by atoms with E-state index in [1.165, 1.54) is 6.07 Å². The lowest BCUT2D eigenvalue weighted by Gasteiger charge is -2.10. The van der Waals surface area contributed by atoms with Gasteiger partial charge in [-0.2, -0.15) is 0 Å². The second-order valence-corrected chi connectivity index (χ2v) is 4.54. The van der Waals surface area contributed by atoms with E-state index < -0.39 is 5.91 Å². The Morgan fingerprint density at radius 3 is 2.21 bits per heavy atom. The molecule has 0 saturated carbocycles. The van der Waals surface area contributed by atoms with Crippen LogP contribution in [0.1, 0.15) is 21.5 Å². The number of carbonyl (C=O) groups excluding carboxylic acids is 1. The number of nitrogen functional groups attached to an aromatic ring is 1. The average Bonchev–Trinajstić information content (AvgIpc) is 2.30. The molecule has 4 nitrogen and oxygen atoms in total. The Bertz CT molecular complexity index is 616. The van der Waals surface area contributed by atoms with Crippen LogP contribution in [0.5, 0.6) is 11.5 Å². The van der Waals surface area contributed by atoms with Crippen LogP contribution < -0.4 is 16.2 Å². The maximum absolute atomic E-state index is 11.0. The Kier molecular flexibility index (Phi) is 3.42. The summed E-state index contributed by atoms with van der Waals surface area (Å²) in [6.07, 6.45) is 0. The van der Waals surface area contributed by atoms with E-state index in [0.29, 0.717) is 17.0 Å². The molecule has 0 bridgehead atoms. The second-order valence-electron chi connectivity index (χ2n) is 4.54. The van der Waals surface area contributed by atoms with Crippen LogP contribution in [-0.2, 0) is 0 Å². The molecule has 4 N–H and O–H groups in total. The Balaban J connectivity index is 2.30. The lowest BCUT2D eigenvalue weighted by Crippen LogP contribution is -2.11. The summed E-state index contributed by atoms with van der Waals surface area (Å²) >= 11 is 0. The maximum Gasteiger partial charge on any atom is 0.248 e. The van der Waals surface area contributed by atoms with Gasteiger partial charge in [-0.05, 0) is 55.3 Å². The van der Waals surface area contributed by atoms with E-state index in [-0.39, 0.29) is 0 Å². The van der Waals surface area contributed by atoms with Gasteiger partial charge < -0.3 is 16.2 Å². The normalized spacial score (nSPS) is 10.2. The number of amides is 1. The second kappa shape index (κ2) is 5.02. The minimum atomic E-state index is -0.510. The van der Waals surface area contributed by atoms with E-state index in [9.17, 15) is 4.79 Å². The first kappa shape index (κ1) is 13.0. The van der Waals surface area contributed by atoms with Gasteiger partial charge in [0.1, 0.15) is 11.5 Å². The van der Waals surface area contributed by atoms with Crippen molar-refractivity contribution < 1.29 is 9.53 Å². The summed E-state index contributed by atoms with van der Waals surface area (Å²) in [4.78, 5) is 11.0. The van der Waals surface area contributed by atoms with Crippen molar-refractivity contribution >= 4 is 11.6 Å². The molecule has 0 unspecified atom stereocenters. The zero-order chi connectivity index (χ0) is 14.0. The highest BCUT2D eigenvalue weighted by Gasteiger charge is 2.07. The van der Waals surface area contributed by atoms with Gasteiger partial charge >= 0.3 is 0 Å². The van der Waals surface area contributed by atoms with E-state index in [1.807, 2.05) is 26.0 Å². The van der Waals surface area contributed by atoms with Crippen LogP contribution in [0.4, 0.5) is 5.69 Å². The van der Waals surface area contributed by atoms with Crippen LogP contribution in [0.2, 0.25) is 0 Å². The zero-order valence-electron chi connectivity index (χ0n) is 10.9. The molecular formula is C15H16N2O2. The van der Waals surface area contributed by atoms with Crippen LogP contribution in [0.15, 0.2) is 36.4 Å². The summed E-state index contributed by atoms with van der Waals surface area (Å²) in [6, 6.07) is 10.7. The fraction of sp³-hybridized carbons (Fsp3) is 0.133. The van der Waals surface area contributed by atoms with Crippen molar-refractivity contribution in [1.82, 2.24) is 0 Å². The third-order valence-corrected chi connectivity index (χ3v) is 2.72. The van der Waals surface area contributed by atoms with E-state index >= 15 is 0 Å². The molecule has 0 saturated heterocycles. The predicted octanol–water partition coefficient (Wildman–Crippen LogP) is 2.78. The summed E-state index contributed by atoms with van der Waals surface area (Å²) in [6.45, 7) is 4.00. The first-order valence-electron chi connectivity index (χ1n) is 5.91. The molecule has 0 fully saturated rings. The average molecular weight is 256 g/mol. The molecule has 0 atom stereocenters. The summed E-state index contributed by atoms with van der Waals surface area (Å²) < 4.78 is 5.73. The number of hydrogen-bond donors (Lipinski definition) is 2. The molecule has 2 aromatic rings. The molecule has 0 aliphatic carbocycles. The van der Waals surface area contributed by atoms with Gasteiger partial charge in [-0.1, -0.05) is 6.07 Å². The van der Waals surface area contributed by atoms with Crippen LogP contribution in [0, 0.1) is 13.8 Å². The molecule has 0 radical (unpaired) electrons. The summed E-state index contributed by atoms with van der Waals surface area (Å²) in [7, 11) is 0. The SMILES string of the molecule is Cc1cc(C)cc(Oc2ccc(C(N)=O)cc2N)c1. The lowest BCUT2D eigenvalue weighted by atomic mass is 10.1. The van der Waals surface area contributed by atoms with Gasteiger partial charge in [0.05, 0.1) is 5.69 Å². The Morgan fingerprint density at radius 1 is 1.05 bits per heavy atom. The van der Waals surface area contributed by atoms with Crippen LogP contribution >= 0.6 is 0 Å². The number of benzene rings is 2. The van der Waals surface area contributed by atoms with E-state index in [4.69, 9.17) is 16.2 Å². The number of primary amides is 1. The van der Waals surface area contributed by atoms with Gasteiger partial charge in [0.2, 0.25) is 5.91 Å². The lowest BCUT2D eigenvalue weighted by molar-refractivity contribution is 0.100. The van der Waals surface area contributed by atoms with E-state index in [1.54, 1.807) is 12.1 Å². The third-order valence-electron chi connectivity index (χ3n) is 2.72. The number of hydrogen-bond acceptors (Lipinski definition) is 3. The maximum atomic E-state index is 11.0. The molecule has 2 aromatic carbocycles. The topological polar surface area (TPSA) is 78.3 Å². The van der Waals surface area contributed by atoms with Crippen molar-refractivity contribution in [2.75, 3.05) is 5.73 Å². The minimum Gasteiger partial charge on any atom is -0.455 e. The largest absolute Gasteiger partial charge is 0.455 e. The summed E-state index contributed by atoms with van der Waals surface area (Å²) in [5.74, 6) is 0.718. The van der Waals surface area contributed by atoms with Crippen molar-refractivity contribution in [3.63, 3.8) is 0 Å². The Morgan fingerprint density at radius 2 is 1.68 bits per heavy atom. The first-order chi connectivity index (χ1) is 8.95. The van der Waals surface area contributed by atoms with Gasteiger partial charge in [0, 0.05) is 5.56 Å². The molecule has 1 amide bonds. The zero-order valence-corrected chi connectivity index (χ0v) is 10.9. The van der Waals surface area contributed by atoms with Crippen LogP contribution in [0.3, 0.4) is 0 Å². The molecule has 0 aromatic heterocycles. The van der Waals surface area contributed by atoms with Gasteiger partial charge in [-0.25, -0.2) is 0 Å². The first-order valence-corrected chi connectivity index (χ1v) is 5.91. The quantitative estimate of drug-likeness (QED) is 0.829. The standard InChI is InChI=1S/C15H16N2O2/c1-9-5-10(2)7-12(6-9)19-14-4-3-11(15(17)18)8-13(14)16/h3-8H,16H2,1-2H3,(H2,17,18). The minimum absolute atomic E-state index is 0.366. The Hall–Kier alpha value is -2.49. The summed E-state index contributed by atoms with van der Waals surface area (Å²) in [5.41, 5.74) is 14.0. The number of anilines is 1. The number of carbonyl (C=O) groups is 1. The number of nitrogens with two attached hydrogens (primary N) is 2. The summed E-state index contributed by atoms with van der Waals surface area (Å²) in [5, 5.41) is 0. The van der Waals surface area contributed by atoms with Gasteiger partial charge in [-0.3, -0.25) is 4.79 Å². The smallest absolute Gasteiger partial charge is 0.248 e. The fourth-order valence-corrected chi connectivity index (χ4v) is 1.91. The highest BCUT2D eigenvalue weighted by molar-refractivity contribution is 5.94. The van der Waals surface area contributed by atoms with Crippen molar-refractivity contribution in [2.45, 2.75) is 13.8 Å². The van der Waals surface area contributed by atoms with Crippen molar-refractivity contribution in [3.8, 4) is 11.5 Å². The molecule has 4 heteroatoms. The van der Waals surface area contributed by atoms with Gasteiger partial charge in [-0.15, -0.1) is 0 Å². The fourth-order valence-electron chi connectivity index (χ4n) is 1.91. The van der Waals surface area contributed by atoms with Crippen molar-refractivity contribution in [3.05, 3.63) is 53.1 Å². The molecule has 19 heavy (non-hydrogen) atoms. The van der Waals surface area contributed by atoms with Crippen molar-refractivity contribution in [2.24, 2.45) is 5.73 Å². The molecule has 0 heterocycles.